The van der Waals surface area contributed by atoms with Crippen LogP contribution in [-0.4, -0.2) is 20.2 Å². The average molecular weight is 242 g/mol. The summed E-state index contributed by atoms with van der Waals surface area (Å²) in [5.74, 6) is 0.989. The molecule has 2 nitrogen and oxygen atoms in total. The van der Waals surface area contributed by atoms with Gasteiger partial charge in [0.1, 0.15) is 5.75 Å². The largest absolute Gasteiger partial charge is 0.491 e. The Hall–Kier alpha value is -0.700. The second-order valence-corrected chi connectivity index (χ2v) is 4.15. The van der Waals surface area contributed by atoms with Crippen LogP contribution in [0.25, 0.3) is 0 Å². The van der Waals surface area contributed by atoms with Gasteiger partial charge in [-0.3, -0.25) is 0 Å². The van der Waals surface area contributed by atoms with Crippen molar-refractivity contribution in [2.75, 3.05) is 25.1 Å². The van der Waals surface area contributed by atoms with Gasteiger partial charge < -0.3 is 9.64 Å². The number of halogens is 1. The van der Waals surface area contributed by atoms with Gasteiger partial charge in [-0.1, -0.05) is 15.9 Å². The molecule has 0 spiro atoms. The molecule has 0 radical (unpaired) electrons. The van der Waals surface area contributed by atoms with Gasteiger partial charge in [0, 0.05) is 18.1 Å². The van der Waals surface area contributed by atoms with Gasteiger partial charge in [0.15, 0.2) is 0 Å². The van der Waals surface area contributed by atoms with Gasteiger partial charge in [-0.2, -0.15) is 0 Å². The summed E-state index contributed by atoms with van der Waals surface area (Å²) in [6.45, 7) is 1.88. The third-order valence-electron chi connectivity index (χ3n) is 2.23. The Morgan fingerprint density at radius 1 is 1.46 bits per heavy atom. The summed E-state index contributed by atoms with van der Waals surface area (Å²) in [6.07, 6.45) is 1.09. The van der Waals surface area contributed by atoms with Crippen LogP contribution in [0.4, 0.5) is 5.69 Å². The third-order valence-corrected chi connectivity index (χ3v) is 2.72. The topological polar surface area (TPSA) is 12.5 Å². The molecule has 1 aliphatic rings. The number of nitrogens with zero attached hydrogens (tertiary/aromatic N) is 1. The van der Waals surface area contributed by atoms with Crippen molar-refractivity contribution in [2.45, 2.75) is 6.42 Å². The van der Waals surface area contributed by atoms with Crippen molar-refractivity contribution in [3.05, 3.63) is 22.7 Å². The van der Waals surface area contributed by atoms with E-state index in [9.17, 15) is 0 Å². The Morgan fingerprint density at radius 2 is 2.31 bits per heavy atom. The maximum absolute atomic E-state index is 5.61. The molecule has 3 heteroatoms. The third kappa shape index (κ3) is 1.80. The van der Waals surface area contributed by atoms with Crippen LogP contribution in [0.15, 0.2) is 22.7 Å². The van der Waals surface area contributed by atoms with E-state index < -0.39 is 0 Å². The number of hydrogen-bond donors (Lipinski definition) is 0. The second-order valence-electron chi connectivity index (χ2n) is 3.24. The van der Waals surface area contributed by atoms with Crippen molar-refractivity contribution in [1.82, 2.24) is 0 Å². The van der Waals surface area contributed by atoms with Crippen LogP contribution in [-0.2, 0) is 0 Å². The number of ether oxygens (including phenoxy) is 1. The standard InChI is InChI=1S/C10H12BrNO/c1-12-5-2-6-13-10-4-3-8(11)7-9(10)12/h3-4,7H,2,5-6H2,1H3. The summed E-state index contributed by atoms with van der Waals surface area (Å²) in [6, 6.07) is 6.12. The number of rotatable bonds is 0. The normalized spacial score (nSPS) is 16.0. The molecule has 1 aliphatic heterocycles. The van der Waals surface area contributed by atoms with Crippen LogP contribution >= 0.6 is 15.9 Å². The first-order chi connectivity index (χ1) is 6.27. The highest BCUT2D eigenvalue weighted by Crippen LogP contribution is 2.32. The van der Waals surface area contributed by atoms with E-state index in [1.54, 1.807) is 0 Å². The van der Waals surface area contributed by atoms with Crippen LogP contribution in [0.5, 0.6) is 5.75 Å². The molecule has 0 saturated heterocycles. The summed E-state index contributed by atoms with van der Waals surface area (Å²) in [5, 5.41) is 0. The molecule has 1 heterocycles. The summed E-state index contributed by atoms with van der Waals surface area (Å²) in [5.41, 5.74) is 1.17. The Morgan fingerprint density at radius 3 is 3.15 bits per heavy atom. The first-order valence-electron chi connectivity index (χ1n) is 4.41. The van der Waals surface area contributed by atoms with E-state index >= 15 is 0 Å². The number of hydrogen-bond acceptors (Lipinski definition) is 2. The lowest BCUT2D eigenvalue weighted by atomic mass is 10.3. The molecule has 0 saturated carbocycles. The van der Waals surface area contributed by atoms with E-state index in [0.717, 1.165) is 29.8 Å². The molecule has 0 atom stereocenters. The van der Waals surface area contributed by atoms with E-state index in [1.165, 1.54) is 5.69 Å². The molecular weight excluding hydrogens is 230 g/mol. The fourth-order valence-corrected chi connectivity index (χ4v) is 1.86. The zero-order valence-electron chi connectivity index (χ0n) is 7.59. The zero-order chi connectivity index (χ0) is 9.26. The molecule has 0 fully saturated rings. The number of anilines is 1. The highest BCUT2D eigenvalue weighted by atomic mass is 79.9. The molecule has 13 heavy (non-hydrogen) atoms. The molecule has 0 N–H and O–H groups in total. The number of benzene rings is 1. The van der Waals surface area contributed by atoms with Crippen LogP contribution in [0.3, 0.4) is 0 Å². The summed E-state index contributed by atoms with van der Waals surface area (Å²) in [4.78, 5) is 2.23. The molecule has 2 rings (SSSR count). The fraction of sp³-hybridized carbons (Fsp3) is 0.400. The summed E-state index contributed by atoms with van der Waals surface area (Å²) in [7, 11) is 2.10. The van der Waals surface area contributed by atoms with E-state index in [1.807, 2.05) is 12.1 Å². The smallest absolute Gasteiger partial charge is 0.142 e. The van der Waals surface area contributed by atoms with E-state index in [-0.39, 0.29) is 0 Å². The zero-order valence-corrected chi connectivity index (χ0v) is 9.17. The molecule has 0 bridgehead atoms. The van der Waals surface area contributed by atoms with E-state index in [2.05, 4.69) is 33.9 Å². The average Bonchev–Trinajstić information content (AvgIpc) is 2.29. The summed E-state index contributed by atoms with van der Waals surface area (Å²) < 4.78 is 6.71. The lowest BCUT2D eigenvalue weighted by molar-refractivity contribution is 0.322. The Balaban J connectivity index is 2.43. The summed E-state index contributed by atoms with van der Waals surface area (Å²) >= 11 is 3.46. The number of fused-ring (bicyclic) bond motifs is 1. The quantitative estimate of drug-likeness (QED) is 0.693. The van der Waals surface area contributed by atoms with Gasteiger partial charge in [-0.05, 0) is 24.6 Å². The Labute approximate surface area is 86.6 Å². The molecule has 0 aliphatic carbocycles. The van der Waals surface area contributed by atoms with Crippen molar-refractivity contribution < 1.29 is 4.74 Å². The van der Waals surface area contributed by atoms with Crippen molar-refractivity contribution in [2.24, 2.45) is 0 Å². The first kappa shape index (κ1) is 8.88. The van der Waals surface area contributed by atoms with Crippen molar-refractivity contribution in [1.29, 1.82) is 0 Å². The van der Waals surface area contributed by atoms with Crippen LogP contribution < -0.4 is 9.64 Å². The van der Waals surface area contributed by atoms with Crippen LogP contribution in [0.1, 0.15) is 6.42 Å². The van der Waals surface area contributed by atoms with Gasteiger partial charge in [0.25, 0.3) is 0 Å². The molecule has 0 amide bonds. The van der Waals surface area contributed by atoms with Crippen LogP contribution in [0.2, 0.25) is 0 Å². The second kappa shape index (κ2) is 3.58. The molecule has 1 aromatic rings. The van der Waals surface area contributed by atoms with Crippen molar-refractivity contribution in [3.63, 3.8) is 0 Å². The Kier molecular flexibility index (Phi) is 2.44. The maximum atomic E-state index is 5.61. The highest BCUT2D eigenvalue weighted by molar-refractivity contribution is 9.10. The maximum Gasteiger partial charge on any atom is 0.142 e. The first-order valence-corrected chi connectivity index (χ1v) is 5.20. The van der Waals surface area contributed by atoms with Gasteiger partial charge in [-0.25, -0.2) is 0 Å². The fourth-order valence-electron chi connectivity index (χ4n) is 1.52. The van der Waals surface area contributed by atoms with Crippen LogP contribution in [0, 0.1) is 0 Å². The van der Waals surface area contributed by atoms with Crippen molar-refractivity contribution >= 4 is 21.6 Å². The SMILES string of the molecule is CN1CCCOc2ccc(Br)cc21. The van der Waals surface area contributed by atoms with Gasteiger partial charge in [0.05, 0.1) is 12.3 Å². The lowest BCUT2D eigenvalue weighted by Gasteiger charge is -2.17. The van der Waals surface area contributed by atoms with Crippen molar-refractivity contribution in [3.8, 4) is 5.75 Å². The van der Waals surface area contributed by atoms with Gasteiger partial charge in [0.2, 0.25) is 0 Å². The molecule has 70 valence electrons. The lowest BCUT2D eigenvalue weighted by Crippen LogP contribution is -2.17. The van der Waals surface area contributed by atoms with E-state index in [0.29, 0.717) is 0 Å². The minimum Gasteiger partial charge on any atom is -0.491 e. The molecular formula is C10H12BrNO. The minimum absolute atomic E-state index is 0.818. The molecule has 0 aromatic heterocycles. The predicted octanol–water partition coefficient (Wildman–Crippen LogP) is 2.67. The predicted molar refractivity (Wildman–Crippen MR) is 57.5 cm³/mol. The molecule has 0 unspecified atom stereocenters. The molecule has 1 aromatic carbocycles. The monoisotopic (exact) mass is 241 g/mol. The van der Waals surface area contributed by atoms with E-state index in [4.69, 9.17) is 4.74 Å². The van der Waals surface area contributed by atoms with Gasteiger partial charge >= 0.3 is 0 Å². The highest BCUT2D eigenvalue weighted by Gasteiger charge is 2.12. The van der Waals surface area contributed by atoms with Gasteiger partial charge in [-0.15, -0.1) is 0 Å². The Bertz CT molecular complexity index is 314. The minimum atomic E-state index is 0.818.